The molecule has 0 saturated carbocycles. The van der Waals surface area contributed by atoms with E-state index in [0.29, 0.717) is 6.54 Å². The average Bonchev–Trinajstić information content (AvgIpc) is 2.38. The molecule has 0 spiro atoms. The van der Waals surface area contributed by atoms with E-state index in [1.165, 1.54) is 25.7 Å². The van der Waals surface area contributed by atoms with Crippen LogP contribution < -0.4 is 5.32 Å². The van der Waals surface area contributed by atoms with Crippen LogP contribution >= 0.6 is 0 Å². The molecule has 0 aliphatic carbocycles. The fourth-order valence-electron chi connectivity index (χ4n) is 2.12. The number of carbonyl (C=O) groups is 1. The van der Waals surface area contributed by atoms with Crippen LogP contribution in [0.25, 0.3) is 0 Å². The van der Waals surface area contributed by atoms with Gasteiger partial charge in [-0.15, -0.1) is 0 Å². The quantitative estimate of drug-likeness (QED) is 0.654. The van der Waals surface area contributed by atoms with Crippen molar-refractivity contribution >= 4 is 5.91 Å². The third-order valence-electron chi connectivity index (χ3n) is 3.19. The third-order valence-corrected chi connectivity index (χ3v) is 3.19. The Kier molecular flexibility index (Phi) is 8.01. The molecule has 17 heavy (non-hydrogen) atoms. The van der Waals surface area contributed by atoms with Gasteiger partial charge in [0.15, 0.2) is 0 Å². The van der Waals surface area contributed by atoms with Gasteiger partial charge in [0.2, 0.25) is 5.91 Å². The number of nitrogens with one attached hydrogen (secondary N) is 1. The summed E-state index contributed by atoms with van der Waals surface area (Å²) in [6, 6.07) is 0. The maximum atomic E-state index is 11.8. The fraction of sp³-hybridized carbons (Fsp3) is 0.923. The molecular formula is C13H26N2O2. The van der Waals surface area contributed by atoms with Crippen molar-refractivity contribution in [3.05, 3.63) is 0 Å². The van der Waals surface area contributed by atoms with Gasteiger partial charge in [0, 0.05) is 26.8 Å². The molecule has 1 amide bonds. The Bertz CT molecular complexity index is 204. The molecule has 0 radical (unpaired) electrons. The molecule has 100 valence electrons. The Morgan fingerprint density at radius 2 is 1.94 bits per heavy atom. The molecule has 0 aromatic carbocycles. The molecule has 0 aromatic rings. The molecule has 1 fully saturated rings. The summed E-state index contributed by atoms with van der Waals surface area (Å²) in [6.45, 7) is 4.18. The molecule has 1 N–H and O–H groups in total. The third kappa shape index (κ3) is 6.64. The first-order chi connectivity index (χ1) is 8.34. The lowest BCUT2D eigenvalue weighted by molar-refractivity contribution is -0.131. The maximum Gasteiger partial charge on any atom is 0.236 e. The second-order valence-electron chi connectivity index (χ2n) is 4.67. The number of hydrogen-bond donors (Lipinski definition) is 1. The lowest BCUT2D eigenvalue weighted by Gasteiger charge is -2.26. The zero-order chi connectivity index (χ0) is 12.3. The molecule has 1 aliphatic heterocycles. The number of ether oxygens (including phenoxy) is 1. The van der Waals surface area contributed by atoms with E-state index >= 15 is 0 Å². The monoisotopic (exact) mass is 242 g/mol. The zero-order valence-corrected chi connectivity index (χ0v) is 11.0. The van der Waals surface area contributed by atoms with Crippen LogP contribution in [0.4, 0.5) is 0 Å². The summed E-state index contributed by atoms with van der Waals surface area (Å²) in [7, 11) is 1.73. The zero-order valence-electron chi connectivity index (χ0n) is 11.0. The molecule has 0 bridgehead atoms. The van der Waals surface area contributed by atoms with Crippen molar-refractivity contribution in [2.75, 3.05) is 39.9 Å². The molecule has 1 rings (SSSR count). The highest BCUT2D eigenvalue weighted by Gasteiger charge is 2.15. The topological polar surface area (TPSA) is 41.6 Å². The van der Waals surface area contributed by atoms with Crippen LogP contribution in [-0.2, 0) is 9.53 Å². The van der Waals surface area contributed by atoms with Gasteiger partial charge in [-0.1, -0.05) is 0 Å². The smallest absolute Gasteiger partial charge is 0.236 e. The van der Waals surface area contributed by atoms with Gasteiger partial charge in [0.05, 0.1) is 6.54 Å². The molecular weight excluding hydrogens is 216 g/mol. The van der Waals surface area contributed by atoms with Gasteiger partial charge in [0.25, 0.3) is 0 Å². The van der Waals surface area contributed by atoms with E-state index < -0.39 is 0 Å². The van der Waals surface area contributed by atoms with Crippen molar-refractivity contribution in [3.63, 3.8) is 0 Å². The van der Waals surface area contributed by atoms with Crippen LogP contribution in [0.3, 0.4) is 0 Å². The minimum atomic E-state index is 0.265. The number of likely N-dealkylation sites (tertiary alicyclic amines) is 1. The van der Waals surface area contributed by atoms with Crippen LogP contribution in [0.15, 0.2) is 0 Å². The normalized spacial score (nSPS) is 16.2. The Balaban J connectivity index is 1.92. The Morgan fingerprint density at radius 3 is 2.65 bits per heavy atom. The molecule has 4 heteroatoms. The Hall–Kier alpha value is -0.610. The van der Waals surface area contributed by atoms with E-state index in [0.717, 1.165) is 39.1 Å². The minimum absolute atomic E-state index is 0.265. The molecule has 0 unspecified atom stereocenters. The number of carbonyl (C=O) groups excluding carboxylic acids is 1. The first-order valence-electron chi connectivity index (χ1n) is 6.82. The maximum absolute atomic E-state index is 11.8. The number of amides is 1. The predicted octanol–water partition coefficient (Wildman–Crippen LogP) is 1.41. The summed E-state index contributed by atoms with van der Waals surface area (Å²) in [4.78, 5) is 13.8. The van der Waals surface area contributed by atoms with E-state index in [9.17, 15) is 4.79 Å². The second-order valence-corrected chi connectivity index (χ2v) is 4.67. The van der Waals surface area contributed by atoms with Gasteiger partial charge in [-0.2, -0.15) is 0 Å². The van der Waals surface area contributed by atoms with E-state index in [2.05, 4.69) is 5.32 Å². The molecule has 1 heterocycles. The summed E-state index contributed by atoms with van der Waals surface area (Å²) in [6.07, 6.45) is 7.01. The Labute approximate surface area is 105 Å². The SMILES string of the molecule is COCCCCCNCC(=O)N1CCCCC1. The van der Waals surface area contributed by atoms with Crippen molar-refractivity contribution in [1.29, 1.82) is 0 Å². The number of hydrogen-bond acceptors (Lipinski definition) is 3. The van der Waals surface area contributed by atoms with E-state index in [1.807, 2.05) is 4.90 Å². The largest absolute Gasteiger partial charge is 0.385 e. The van der Waals surface area contributed by atoms with Crippen LogP contribution in [0.5, 0.6) is 0 Å². The van der Waals surface area contributed by atoms with Gasteiger partial charge >= 0.3 is 0 Å². The number of rotatable bonds is 8. The molecule has 1 aliphatic rings. The van der Waals surface area contributed by atoms with Crippen LogP contribution in [0.2, 0.25) is 0 Å². The predicted molar refractivity (Wildman–Crippen MR) is 69.0 cm³/mol. The number of methoxy groups -OCH3 is 1. The fourth-order valence-corrected chi connectivity index (χ4v) is 2.12. The summed E-state index contributed by atoms with van der Waals surface area (Å²) < 4.78 is 4.98. The molecule has 4 nitrogen and oxygen atoms in total. The summed E-state index contributed by atoms with van der Waals surface area (Å²) in [5, 5.41) is 3.23. The highest BCUT2D eigenvalue weighted by atomic mass is 16.5. The lowest BCUT2D eigenvalue weighted by atomic mass is 10.1. The highest BCUT2D eigenvalue weighted by molar-refractivity contribution is 5.78. The number of nitrogens with zero attached hydrogens (tertiary/aromatic N) is 1. The van der Waals surface area contributed by atoms with Crippen molar-refractivity contribution in [3.8, 4) is 0 Å². The van der Waals surface area contributed by atoms with E-state index in [4.69, 9.17) is 4.74 Å². The highest BCUT2D eigenvalue weighted by Crippen LogP contribution is 2.08. The van der Waals surface area contributed by atoms with Crippen molar-refractivity contribution in [2.45, 2.75) is 38.5 Å². The van der Waals surface area contributed by atoms with Crippen molar-refractivity contribution in [2.24, 2.45) is 0 Å². The molecule has 0 atom stereocenters. The average molecular weight is 242 g/mol. The summed E-state index contributed by atoms with van der Waals surface area (Å²) in [5.41, 5.74) is 0. The lowest BCUT2D eigenvalue weighted by Crippen LogP contribution is -2.41. The van der Waals surface area contributed by atoms with Crippen LogP contribution in [-0.4, -0.2) is 50.7 Å². The second kappa shape index (κ2) is 9.42. The van der Waals surface area contributed by atoms with Gasteiger partial charge in [-0.3, -0.25) is 4.79 Å². The van der Waals surface area contributed by atoms with Crippen molar-refractivity contribution < 1.29 is 9.53 Å². The standard InChI is InChI=1S/C13H26N2O2/c1-17-11-7-2-4-8-14-12-13(16)15-9-5-3-6-10-15/h14H,2-12H2,1H3. The molecule has 0 aromatic heterocycles. The first-order valence-corrected chi connectivity index (χ1v) is 6.82. The first kappa shape index (κ1) is 14.5. The minimum Gasteiger partial charge on any atom is -0.385 e. The van der Waals surface area contributed by atoms with Crippen LogP contribution in [0.1, 0.15) is 38.5 Å². The van der Waals surface area contributed by atoms with Gasteiger partial charge in [0.1, 0.15) is 0 Å². The van der Waals surface area contributed by atoms with Crippen LogP contribution in [0, 0.1) is 0 Å². The van der Waals surface area contributed by atoms with Crippen molar-refractivity contribution in [1.82, 2.24) is 10.2 Å². The van der Waals surface area contributed by atoms with Gasteiger partial charge in [-0.05, 0) is 45.1 Å². The Morgan fingerprint density at radius 1 is 1.18 bits per heavy atom. The van der Waals surface area contributed by atoms with Gasteiger partial charge < -0.3 is 15.0 Å². The van der Waals surface area contributed by atoms with E-state index in [1.54, 1.807) is 7.11 Å². The molecule has 1 saturated heterocycles. The number of unbranched alkanes of at least 4 members (excludes halogenated alkanes) is 2. The number of piperidine rings is 1. The van der Waals surface area contributed by atoms with Gasteiger partial charge in [-0.25, -0.2) is 0 Å². The summed E-state index contributed by atoms with van der Waals surface area (Å²) >= 11 is 0. The summed E-state index contributed by atoms with van der Waals surface area (Å²) in [5.74, 6) is 0.265. The van der Waals surface area contributed by atoms with E-state index in [-0.39, 0.29) is 5.91 Å².